The van der Waals surface area contributed by atoms with Gasteiger partial charge in [0.05, 0.1) is 18.2 Å². The van der Waals surface area contributed by atoms with Gasteiger partial charge in [0.1, 0.15) is 34.9 Å². The number of carbonyl (C=O) groups is 3. The molecule has 1 aromatic heterocycles. The van der Waals surface area contributed by atoms with Crippen LogP contribution in [-0.4, -0.2) is 67.6 Å². The second-order valence-corrected chi connectivity index (χ2v) is 10.7. The molecule has 5 atom stereocenters. The molecule has 1 aromatic carbocycles. The van der Waals surface area contributed by atoms with Gasteiger partial charge in [-0.2, -0.15) is 0 Å². The zero-order valence-electron chi connectivity index (χ0n) is 23.6. The Kier molecular flexibility index (Phi) is 9.33. The molecular weight excluding hydrogens is 546 g/mol. The van der Waals surface area contributed by atoms with E-state index in [2.05, 4.69) is 0 Å². The molecular formula is C31H35NO10. The number of allylic oxidation sites excluding steroid dienone is 3. The molecule has 0 aliphatic carbocycles. The lowest BCUT2D eigenvalue weighted by atomic mass is 9.83. The van der Waals surface area contributed by atoms with Gasteiger partial charge in [0.2, 0.25) is 0 Å². The summed E-state index contributed by atoms with van der Waals surface area (Å²) in [6.45, 7) is 5.19. The molecule has 0 amide bonds. The number of rotatable bonds is 7. The molecule has 1 saturated heterocycles. The van der Waals surface area contributed by atoms with Gasteiger partial charge in [0, 0.05) is 24.5 Å². The number of aromatic nitrogens is 1. The number of phenols is 1. The topological polar surface area (TPSA) is 173 Å². The van der Waals surface area contributed by atoms with Crippen molar-refractivity contribution in [2.45, 2.75) is 70.7 Å². The van der Waals surface area contributed by atoms with E-state index in [0.29, 0.717) is 12.0 Å². The number of nitrogens with zero attached hydrogens (tertiary/aromatic N) is 1. The molecule has 0 spiro atoms. The molecule has 4 rings (SSSR count). The highest BCUT2D eigenvalue weighted by atomic mass is 16.7. The summed E-state index contributed by atoms with van der Waals surface area (Å²) in [7, 11) is 0. The van der Waals surface area contributed by atoms with E-state index in [-0.39, 0.29) is 47.9 Å². The van der Waals surface area contributed by atoms with E-state index in [1.54, 1.807) is 19.9 Å². The maximum Gasteiger partial charge on any atom is 0.308 e. The Morgan fingerprint density at radius 1 is 1.14 bits per heavy atom. The van der Waals surface area contributed by atoms with E-state index < -0.39 is 65.1 Å². The van der Waals surface area contributed by atoms with E-state index in [0.717, 1.165) is 10.8 Å². The Bertz CT molecular complexity index is 1480. The number of carbonyl (C=O) groups excluding carboxylic acids is 3. The molecule has 0 saturated carbocycles. The third-order valence-corrected chi connectivity index (χ3v) is 7.59. The number of aliphatic hydroxyl groups is 2. The molecule has 11 heteroatoms. The molecule has 42 heavy (non-hydrogen) atoms. The lowest BCUT2D eigenvalue weighted by Gasteiger charge is -2.24. The molecule has 1 fully saturated rings. The number of hydrogen-bond acceptors (Lipinski definition) is 10. The van der Waals surface area contributed by atoms with Crippen LogP contribution in [-0.2, 0) is 14.3 Å². The first-order valence-electron chi connectivity index (χ1n) is 13.9. The molecule has 4 N–H and O–H groups in total. The number of Topliss-reactive ketones (excluding diaryl/α,β-unsaturated/α-hetero) is 1. The third-order valence-electron chi connectivity index (χ3n) is 7.59. The van der Waals surface area contributed by atoms with Crippen LogP contribution >= 0.6 is 0 Å². The summed E-state index contributed by atoms with van der Waals surface area (Å²) in [6.07, 6.45) is 1.14. The minimum absolute atomic E-state index is 0.0503. The van der Waals surface area contributed by atoms with Gasteiger partial charge in [0.25, 0.3) is 5.56 Å². The summed E-state index contributed by atoms with van der Waals surface area (Å²) in [4.78, 5) is 58.8. The van der Waals surface area contributed by atoms with Crippen molar-refractivity contribution in [3.05, 3.63) is 69.7 Å². The molecule has 224 valence electrons. The van der Waals surface area contributed by atoms with Crippen LogP contribution < -0.4 is 10.4 Å². The minimum atomic E-state index is -1.55. The van der Waals surface area contributed by atoms with Crippen LogP contribution in [0.4, 0.5) is 0 Å². The number of ketones is 2. The molecule has 0 bridgehead atoms. The number of aromatic hydroxyl groups is 2. The number of hydrogen-bond donors (Lipinski definition) is 4. The molecule has 2 aromatic rings. The fourth-order valence-corrected chi connectivity index (χ4v) is 5.28. The highest BCUT2D eigenvalue weighted by molar-refractivity contribution is 6.08. The average Bonchev–Trinajstić information content (AvgIpc) is 3.35. The molecule has 11 nitrogen and oxygen atoms in total. The fourth-order valence-electron chi connectivity index (χ4n) is 5.28. The SMILES string of the molecule is CC[C@@H](/C=C(C)/C=C/C(=O)c1c(O)c(-c2ccc(O)cc2)c2n(c1=O)O[C@H]1[C@@H]2C(=O)CC[C@@H](C)OC(=O)C[C@@H]1O)CO. The van der Waals surface area contributed by atoms with E-state index >= 15 is 0 Å². The van der Waals surface area contributed by atoms with Crippen molar-refractivity contribution in [3.8, 4) is 22.6 Å². The fraction of sp³-hybridized carbons (Fsp3) is 0.419. The van der Waals surface area contributed by atoms with Crippen LogP contribution in [0.25, 0.3) is 11.1 Å². The summed E-state index contributed by atoms with van der Waals surface area (Å²) in [6, 6.07) is 5.57. The molecule has 2 aliphatic heterocycles. The first kappa shape index (κ1) is 30.7. The summed E-state index contributed by atoms with van der Waals surface area (Å²) in [5.41, 5.74) is -0.858. The van der Waals surface area contributed by atoms with Crippen molar-refractivity contribution in [3.63, 3.8) is 0 Å². The van der Waals surface area contributed by atoms with Crippen molar-refractivity contribution in [2.24, 2.45) is 5.92 Å². The first-order chi connectivity index (χ1) is 20.0. The number of cyclic esters (lactones) is 1. The van der Waals surface area contributed by atoms with Gasteiger partial charge in [-0.05, 0) is 50.5 Å². The number of esters is 1. The standard InChI is InChI=1S/C31H35NO10/c1-4-18(15-33)13-16(2)5-11-22(36)27-29(39)25(19-7-9-20(34)10-8-19)28-26-21(35)12-6-17(3)41-24(38)14-23(37)30(26)42-32(28)31(27)40/h5,7-11,13,17-18,23,26,30,33-34,37,39H,4,6,12,14-15H2,1-3H3/b11-5+,16-13+/t17-,18+,23+,26-,30-/m1/s1. The number of benzene rings is 1. The lowest BCUT2D eigenvalue weighted by Crippen LogP contribution is -2.41. The Hall–Kier alpha value is -4.22. The van der Waals surface area contributed by atoms with Crippen molar-refractivity contribution < 1.29 is 44.4 Å². The maximum atomic E-state index is 13.7. The lowest BCUT2D eigenvalue weighted by molar-refractivity contribution is -0.155. The highest BCUT2D eigenvalue weighted by Gasteiger charge is 2.48. The second-order valence-electron chi connectivity index (χ2n) is 10.7. The Morgan fingerprint density at radius 3 is 2.48 bits per heavy atom. The van der Waals surface area contributed by atoms with Gasteiger partial charge in [-0.3, -0.25) is 19.2 Å². The van der Waals surface area contributed by atoms with Gasteiger partial charge < -0.3 is 30.0 Å². The largest absolute Gasteiger partial charge is 0.508 e. The van der Waals surface area contributed by atoms with E-state index in [4.69, 9.17) is 9.57 Å². The van der Waals surface area contributed by atoms with Gasteiger partial charge >= 0.3 is 5.97 Å². The summed E-state index contributed by atoms with van der Waals surface area (Å²) >= 11 is 0. The third kappa shape index (κ3) is 6.17. The van der Waals surface area contributed by atoms with Crippen molar-refractivity contribution in [2.75, 3.05) is 6.61 Å². The van der Waals surface area contributed by atoms with E-state index in [9.17, 15) is 39.6 Å². The number of fused-ring (bicyclic) bond motifs is 3. The van der Waals surface area contributed by atoms with Crippen LogP contribution in [0.2, 0.25) is 0 Å². The van der Waals surface area contributed by atoms with Crippen LogP contribution in [0.5, 0.6) is 11.5 Å². The van der Waals surface area contributed by atoms with Crippen LogP contribution in [0.3, 0.4) is 0 Å². The Balaban J connectivity index is 1.91. The molecule has 3 heterocycles. The second kappa shape index (κ2) is 12.7. The minimum Gasteiger partial charge on any atom is -0.508 e. The number of ether oxygens (including phenoxy) is 1. The van der Waals surface area contributed by atoms with Crippen LogP contribution in [0, 0.1) is 5.92 Å². The quantitative estimate of drug-likeness (QED) is 0.165. The Labute approximate surface area is 242 Å². The monoisotopic (exact) mass is 581 g/mol. The van der Waals surface area contributed by atoms with Crippen LogP contribution in [0.1, 0.15) is 68.4 Å². The first-order valence-corrected chi connectivity index (χ1v) is 13.9. The zero-order chi connectivity index (χ0) is 30.7. The Morgan fingerprint density at radius 2 is 1.83 bits per heavy atom. The van der Waals surface area contributed by atoms with Crippen molar-refractivity contribution in [1.29, 1.82) is 0 Å². The van der Waals surface area contributed by atoms with Gasteiger partial charge in [0.15, 0.2) is 11.9 Å². The van der Waals surface area contributed by atoms with Crippen molar-refractivity contribution >= 4 is 17.5 Å². The maximum absolute atomic E-state index is 13.7. The number of aliphatic hydroxyl groups excluding tert-OH is 2. The van der Waals surface area contributed by atoms with Crippen LogP contribution in [0.15, 0.2) is 52.9 Å². The summed E-state index contributed by atoms with van der Waals surface area (Å²) in [5.74, 6) is -4.10. The smallest absolute Gasteiger partial charge is 0.308 e. The predicted octanol–water partition coefficient (Wildman–Crippen LogP) is 2.57. The molecule has 0 radical (unpaired) electrons. The highest BCUT2D eigenvalue weighted by Crippen LogP contribution is 2.43. The van der Waals surface area contributed by atoms with Gasteiger partial charge in [-0.1, -0.05) is 36.8 Å². The predicted molar refractivity (Wildman–Crippen MR) is 151 cm³/mol. The molecule has 2 aliphatic rings. The van der Waals surface area contributed by atoms with Crippen molar-refractivity contribution in [1.82, 2.24) is 4.73 Å². The number of pyridine rings is 1. The van der Waals surface area contributed by atoms with Gasteiger partial charge in [-0.25, -0.2) is 0 Å². The van der Waals surface area contributed by atoms with E-state index in [1.807, 2.05) is 6.92 Å². The summed E-state index contributed by atoms with van der Waals surface area (Å²) in [5, 5.41) is 41.7. The van der Waals surface area contributed by atoms with E-state index in [1.165, 1.54) is 30.3 Å². The molecule has 0 unspecified atom stereocenters. The summed E-state index contributed by atoms with van der Waals surface area (Å²) < 4.78 is 5.99. The van der Waals surface area contributed by atoms with Gasteiger partial charge in [-0.15, -0.1) is 4.73 Å². The normalized spacial score (nSPS) is 23.6. The average molecular weight is 582 g/mol. The number of phenolic OH excluding ortho intramolecular Hbond substituents is 1. The zero-order valence-corrected chi connectivity index (χ0v) is 23.6.